The van der Waals surface area contributed by atoms with Crippen LogP contribution in [0.1, 0.15) is 24.0 Å². The van der Waals surface area contributed by atoms with Crippen LogP contribution in [-0.4, -0.2) is 47.9 Å². The van der Waals surface area contributed by atoms with Crippen LogP contribution in [-0.2, 0) is 6.54 Å². The second kappa shape index (κ2) is 10.3. The molecule has 1 N–H and O–H groups in total. The maximum Gasteiger partial charge on any atom is 0.227 e. The molecule has 1 saturated heterocycles. The number of benzene rings is 2. The molecule has 1 aliphatic rings. The fraction of sp³-hybridized carbons (Fsp3) is 0.207. The van der Waals surface area contributed by atoms with Gasteiger partial charge in [-0.3, -0.25) is 9.88 Å². The Morgan fingerprint density at radius 2 is 1.76 bits per heavy atom. The fourth-order valence-electron chi connectivity index (χ4n) is 4.61. The topological polar surface area (TPSA) is 84.7 Å². The Kier molecular flexibility index (Phi) is 6.39. The highest BCUT2D eigenvalue weighted by atomic mass is 15.4. The van der Waals surface area contributed by atoms with Gasteiger partial charge in [-0.1, -0.05) is 29.5 Å². The average molecular weight is 489 g/mol. The summed E-state index contributed by atoms with van der Waals surface area (Å²) in [4.78, 5) is 15.8. The zero-order valence-electron chi connectivity index (χ0n) is 20.7. The number of pyridine rings is 1. The zero-order chi connectivity index (χ0) is 25.0. The summed E-state index contributed by atoms with van der Waals surface area (Å²) in [6, 6.07) is 20.5. The molecule has 2 aromatic carbocycles. The Bertz CT molecular complexity index is 1490. The lowest BCUT2D eigenvalue weighted by Crippen LogP contribution is -2.18. The summed E-state index contributed by atoms with van der Waals surface area (Å²) in [5.41, 5.74) is 7.85. The van der Waals surface area contributed by atoms with E-state index in [9.17, 15) is 0 Å². The standard InChI is InChI=1S/C29H28N8/c1-21-6-9-23(17-27(21)33-29-31-14-12-26(32-29)24-5-4-13-30-18-24)28-20-37(35-34-28)25-10-7-22(8-11-25)19-36-15-2-3-16-36/h4-14,17-18,20H,2-3,15-16,19H2,1H3,(H,31,32,33). The molecule has 0 bridgehead atoms. The first-order valence-electron chi connectivity index (χ1n) is 12.6. The van der Waals surface area contributed by atoms with E-state index in [1.54, 1.807) is 18.6 Å². The van der Waals surface area contributed by atoms with Crippen LogP contribution < -0.4 is 5.32 Å². The number of nitrogens with one attached hydrogen (secondary N) is 1. The van der Waals surface area contributed by atoms with Gasteiger partial charge in [0.2, 0.25) is 5.95 Å². The Labute approximate surface area is 216 Å². The number of hydrogen-bond acceptors (Lipinski definition) is 7. The van der Waals surface area contributed by atoms with Crippen LogP contribution in [0.4, 0.5) is 11.6 Å². The van der Waals surface area contributed by atoms with E-state index in [4.69, 9.17) is 0 Å². The molecule has 37 heavy (non-hydrogen) atoms. The second-order valence-corrected chi connectivity index (χ2v) is 9.36. The Morgan fingerprint density at radius 1 is 0.892 bits per heavy atom. The predicted octanol–water partition coefficient (Wildman–Crippen LogP) is 5.43. The number of aromatic nitrogens is 6. The van der Waals surface area contributed by atoms with Crippen LogP contribution in [0.3, 0.4) is 0 Å². The molecule has 184 valence electrons. The van der Waals surface area contributed by atoms with Crippen LogP contribution in [0.2, 0.25) is 0 Å². The van der Waals surface area contributed by atoms with Gasteiger partial charge >= 0.3 is 0 Å². The number of likely N-dealkylation sites (tertiary alicyclic amines) is 1. The molecule has 0 saturated carbocycles. The van der Waals surface area contributed by atoms with Gasteiger partial charge in [0.05, 0.1) is 17.6 Å². The third kappa shape index (κ3) is 5.24. The van der Waals surface area contributed by atoms with Crippen molar-refractivity contribution >= 4 is 11.6 Å². The van der Waals surface area contributed by atoms with Gasteiger partial charge in [-0.05, 0) is 80.4 Å². The summed E-state index contributed by atoms with van der Waals surface area (Å²) in [6.07, 6.45) is 9.87. The number of nitrogens with zero attached hydrogens (tertiary/aromatic N) is 7. The van der Waals surface area contributed by atoms with Gasteiger partial charge < -0.3 is 5.32 Å². The number of hydrogen-bond donors (Lipinski definition) is 1. The lowest BCUT2D eigenvalue weighted by molar-refractivity contribution is 0.331. The smallest absolute Gasteiger partial charge is 0.227 e. The highest BCUT2D eigenvalue weighted by molar-refractivity contribution is 5.70. The van der Waals surface area contributed by atoms with Crippen molar-refractivity contribution < 1.29 is 0 Å². The van der Waals surface area contributed by atoms with E-state index in [-0.39, 0.29) is 0 Å². The Balaban J connectivity index is 1.20. The minimum absolute atomic E-state index is 0.527. The van der Waals surface area contributed by atoms with Gasteiger partial charge in [0, 0.05) is 41.9 Å². The van der Waals surface area contributed by atoms with Gasteiger partial charge in [0.15, 0.2) is 0 Å². The molecule has 5 aromatic rings. The van der Waals surface area contributed by atoms with Crippen LogP contribution in [0.15, 0.2) is 85.5 Å². The molecule has 0 spiro atoms. The molecule has 0 atom stereocenters. The molecule has 6 rings (SSSR count). The average Bonchev–Trinajstić information content (AvgIpc) is 3.64. The molecule has 0 unspecified atom stereocenters. The molecular formula is C29H28N8. The summed E-state index contributed by atoms with van der Waals surface area (Å²) < 4.78 is 1.82. The second-order valence-electron chi connectivity index (χ2n) is 9.36. The summed E-state index contributed by atoms with van der Waals surface area (Å²) >= 11 is 0. The maximum absolute atomic E-state index is 4.67. The van der Waals surface area contributed by atoms with E-state index >= 15 is 0 Å². The maximum atomic E-state index is 4.67. The van der Waals surface area contributed by atoms with Gasteiger partial charge in [-0.2, -0.15) is 0 Å². The minimum Gasteiger partial charge on any atom is -0.324 e. The van der Waals surface area contributed by atoms with Gasteiger partial charge in [-0.25, -0.2) is 14.6 Å². The number of aryl methyl sites for hydroxylation is 1. The van der Waals surface area contributed by atoms with Crippen molar-refractivity contribution in [1.29, 1.82) is 0 Å². The molecular weight excluding hydrogens is 460 g/mol. The van der Waals surface area contributed by atoms with Crippen LogP contribution >= 0.6 is 0 Å². The molecule has 8 nitrogen and oxygen atoms in total. The normalized spacial score (nSPS) is 13.6. The van der Waals surface area contributed by atoms with E-state index in [1.807, 2.05) is 29.1 Å². The third-order valence-corrected chi connectivity index (χ3v) is 6.69. The Hall–Kier alpha value is -4.43. The summed E-state index contributed by atoms with van der Waals surface area (Å²) in [5, 5.41) is 12.2. The number of anilines is 2. The lowest BCUT2D eigenvalue weighted by Gasteiger charge is -2.14. The van der Waals surface area contributed by atoms with E-state index in [1.165, 1.54) is 31.5 Å². The molecule has 8 heteroatoms. The Morgan fingerprint density at radius 3 is 2.57 bits per heavy atom. The van der Waals surface area contributed by atoms with Gasteiger partial charge in [0.1, 0.15) is 5.69 Å². The van der Waals surface area contributed by atoms with Crippen molar-refractivity contribution in [3.8, 4) is 28.2 Å². The SMILES string of the molecule is Cc1ccc(-c2cn(-c3ccc(CN4CCCC4)cc3)nn2)cc1Nc1nccc(-c2cccnc2)n1. The van der Waals surface area contributed by atoms with E-state index in [2.05, 4.69) is 84.9 Å². The molecule has 1 fully saturated rings. The van der Waals surface area contributed by atoms with Gasteiger partial charge in [-0.15, -0.1) is 5.10 Å². The lowest BCUT2D eigenvalue weighted by atomic mass is 10.1. The summed E-state index contributed by atoms with van der Waals surface area (Å²) in [5.74, 6) is 0.527. The molecule has 3 aromatic heterocycles. The van der Waals surface area contributed by atoms with Crippen molar-refractivity contribution in [2.24, 2.45) is 0 Å². The van der Waals surface area contributed by atoms with E-state index in [0.29, 0.717) is 5.95 Å². The highest BCUT2D eigenvalue weighted by Crippen LogP contribution is 2.27. The van der Waals surface area contributed by atoms with Crippen molar-refractivity contribution in [3.05, 3.63) is 96.6 Å². The number of rotatable bonds is 7. The molecule has 1 aliphatic heterocycles. The third-order valence-electron chi connectivity index (χ3n) is 6.69. The van der Waals surface area contributed by atoms with Crippen LogP contribution in [0, 0.1) is 6.92 Å². The van der Waals surface area contributed by atoms with E-state index in [0.717, 1.165) is 46.0 Å². The highest BCUT2D eigenvalue weighted by Gasteiger charge is 2.13. The summed E-state index contributed by atoms with van der Waals surface area (Å²) in [6.45, 7) is 5.46. The molecule has 0 amide bonds. The zero-order valence-corrected chi connectivity index (χ0v) is 20.7. The monoisotopic (exact) mass is 488 g/mol. The van der Waals surface area contributed by atoms with Gasteiger partial charge in [0.25, 0.3) is 0 Å². The first-order chi connectivity index (χ1) is 18.2. The predicted molar refractivity (Wildman–Crippen MR) is 145 cm³/mol. The largest absolute Gasteiger partial charge is 0.324 e. The summed E-state index contributed by atoms with van der Waals surface area (Å²) in [7, 11) is 0. The van der Waals surface area contributed by atoms with E-state index < -0.39 is 0 Å². The quantitative estimate of drug-likeness (QED) is 0.327. The van der Waals surface area contributed by atoms with Crippen molar-refractivity contribution in [3.63, 3.8) is 0 Å². The van der Waals surface area contributed by atoms with Crippen molar-refractivity contribution in [2.45, 2.75) is 26.3 Å². The molecule has 0 radical (unpaired) electrons. The minimum atomic E-state index is 0.527. The first-order valence-corrected chi connectivity index (χ1v) is 12.6. The molecule has 4 heterocycles. The first kappa shape index (κ1) is 23.0. The molecule has 0 aliphatic carbocycles. The van der Waals surface area contributed by atoms with Crippen molar-refractivity contribution in [1.82, 2.24) is 34.8 Å². The van der Waals surface area contributed by atoms with Crippen LogP contribution in [0.25, 0.3) is 28.2 Å². The van der Waals surface area contributed by atoms with Crippen LogP contribution in [0.5, 0.6) is 0 Å². The van der Waals surface area contributed by atoms with Crippen molar-refractivity contribution in [2.75, 3.05) is 18.4 Å². The fourth-order valence-corrected chi connectivity index (χ4v) is 4.61.